The third kappa shape index (κ3) is 5.58. The van der Waals surface area contributed by atoms with Crippen LogP contribution in [0.2, 0.25) is 0 Å². The average Bonchev–Trinajstić information content (AvgIpc) is 2.78. The van der Waals surface area contributed by atoms with Gasteiger partial charge < -0.3 is 14.8 Å². The van der Waals surface area contributed by atoms with Crippen molar-refractivity contribution in [2.24, 2.45) is 0 Å². The summed E-state index contributed by atoms with van der Waals surface area (Å²) in [7, 11) is -0.797. The fourth-order valence-corrected chi connectivity index (χ4v) is 3.60. The Hall–Kier alpha value is -3.92. The lowest BCUT2D eigenvalue weighted by Gasteiger charge is -2.10. The van der Waals surface area contributed by atoms with Gasteiger partial charge in [-0.25, -0.2) is 23.1 Å². The van der Waals surface area contributed by atoms with Gasteiger partial charge in [-0.1, -0.05) is 12.1 Å². The van der Waals surface area contributed by atoms with Crippen LogP contribution in [0.5, 0.6) is 11.5 Å². The molecule has 9 nitrogen and oxygen atoms in total. The highest BCUT2D eigenvalue weighted by atomic mass is 32.2. The molecule has 2 aromatic carbocycles. The number of amides is 1. The third-order valence-corrected chi connectivity index (χ3v) is 5.42. The molecule has 0 bridgehead atoms. The molecule has 1 amide bonds. The van der Waals surface area contributed by atoms with Crippen molar-refractivity contribution in [3.63, 3.8) is 0 Å². The number of aromatic nitrogens is 2. The quantitative estimate of drug-likeness (QED) is 0.517. The molecule has 3 rings (SSSR count). The van der Waals surface area contributed by atoms with Crippen LogP contribution in [0.15, 0.2) is 71.9 Å². The van der Waals surface area contributed by atoms with E-state index in [0.717, 1.165) is 0 Å². The number of benzene rings is 2. The Morgan fingerprint density at radius 2 is 1.68 bits per heavy atom. The van der Waals surface area contributed by atoms with E-state index in [0.29, 0.717) is 22.7 Å². The van der Waals surface area contributed by atoms with Crippen LogP contribution in [-0.4, -0.2) is 38.5 Å². The minimum atomic E-state index is -3.85. The minimum Gasteiger partial charge on any atom is -0.493 e. The first kappa shape index (κ1) is 21.8. The highest BCUT2D eigenvalue weighted by molar-refractivity contribution is 7.92. The van der Waals surface area contributed by atoms with Crippen LogP contribution in [0.1, 0.15) is 5.56 Å². The number of ether oxygens (including phenoxy) is 2. The van der Waals surface area contributed by atoms with Crippen molar-refractivity contribution in [3.8, 4) is 11.5 Å². The number of nitrogens with one attached hydrogen (secondary N) is 2. The summed E-state index contributed by atoms with van der Waals surface area (Å²) in [6.45, 7) is 0. The summed E-state index contributed by atoms with van der Waals surface area (Å²) < 4.78 is 37.6. The normalized spacial score (nSPS) is 11.2. The molecule has 0 unspecified atom stereocenters. The second kappa shape index (κ2) is 9.72. The number of para-hydroxylation sites is 1. The van der Waals surface area contributed by atoms with E-state index in [4.69, 9.17) is 9.47 Å². The smallest absolute Gasteiger partial charge is 0.264 e. The zero-order chi connectivity index (χ0) is 22.3. The lowest BCUT2D eigenvalue weighted by atomic mass is 10.1. The Bertz CT molecular complexity index is 1180. The Labute approximate surface area is 179 Å². The van der Waals surface area contributed by atoms with Gasteiger partial charge in [0.2, 0.25) is 11.9 Å². The number of methoxy groups -OCH3 is 2. The summed E-state index contributed by atoms with van der Waals surface area (Å²) in [5.41, 5.74) is 1.11. The van der Waals surface area contributed by atoms with Gasteiger partial charge in [-0.05, 0) is 42.5 Å². The van der Waals surface area contributed by atoms with Crippen LogP contribution < -0.4 is 19.5 Å². The van der Waals surface area contributed by atoms with Crippen molar-refractivity contribution < 1.29 is 22.7 Å². The van der Waals surface area contributed by atoms with Crippen LogP contribution >= 0.6 is 0 Å². The number of sulfonamides is 1. The van der Waals surface area contributed by atoms with Crippen LogP contribution in [0.4, 0.5) is 11.6 Å². The van der Waals surface area contributed by atoms with E-state index in [1.807, 2.05) is 0 Å². The summed E-state index contributed by atoms with van der Waals surface area (Å²) in [6.07, 6.45) is 5.80. The third-order valence-electron chi connectivity index (χ3n) is 4.07. The maximum absolute atomic E-state index is 12.4. The Morgan fingerprint density at radius 1 is 0.968 bits per heavy atom. The number of carbonyl (C=O) groups excluding carboxylic acids is 1. The van der Waals surface area contributed by atoms with E-state index in [1.54, 1.807) is 30.3 Å². The monoisotopic (exact) mass is 440 g/mol. The molecule has 0 atom stereocenters. The van der Waals surface area contributed by atoms with Crippen molar-refractivity contribution in [2.45, 2.75) is 4.90 Å². The van der Waals surface area contributed by atoms with E-state index in [1.165, 1.54) is 57.0 Å². The predicted molar refractivity (Wildman–Crippen MR) is 116 cm³/mol. The van der Waals surface area contributed by atoms with Crippen molar-refractivity contribution in [2.75, 3.05) is 24.3 Å². The molecule has 0 aliphatic heterocycles. The number of carbonyl (C=O) groups is 1. The molecule has 3 aromatic rings. The summed E-state index contributed by atoms with van der Waals surface area (Å²) >= 11 is 0. The molecule has 0 aliphatic carbocycles. The molecule has 0 radical (unpaired) electrons. The zero-order valence-corrected chi connectivity index (χ0v) is 17.6. The summed E-state index contributed by atoms with van der Waals surface area (Å²) in [5, 5.41) is 2.67. The van der Waals surface area contributed by atoms with Gasteiger partial charge in [0, 0.05) is 29.7 Å². The van der Waals surface area contributed by atoms with Crippen molar-refractivity contribution in [1.29, 1.82) is 0 Å². The Balaban J connectivity index is 1.67. The van der Waals surface area contributed by atoms with Gasteiger partial charge in [-0.15, -0.1) is 0 Å². The second-order valence-corrected chi connectivity index (χ2v) is 7.79. The fraction of sp³-hybridized carbons (Fsp3) is 0.0952. The van der Waals surface area contributed by atoms with Crippen molar-refractivity contribution in [3.05, 3.63) is 72.6 Å². The van der Waals surface area contributed by atoms with Crippen molar-refractivity contribution in [1.82, 2.24) is 9.97 Å². The van der Waals surface area contributed by atoms with E-state index in [-0.39, 0.29) is 10.8 Å². The average molecular weight is 440 g/mol. The molecule has 0 saturated carbocycles. The lowest BCUT2D eigenvalue weighted by molar-refractivity contribution is -0.111. The summed E-state index contributed by atoms with van der Waals surface area (Å²) in [5.74, 6) is 0.643. The lowest BCUT2D eigenvalue weighted by Crippen LogP contribution is -2.15. The number of anilines is 2. The zero-order valence-electron chi connectivity index (χ0n) is 16.8. The van der Waals surface area contributed by atoms with Crippen LogP contribution in [0.3, 0.4) is 0 Å². The molecule has 1 heterocycles. The number of nitrogens with zero attached hydrogens (tertiary/aromatic N) is 2. The van der Waals surface area contributed by atoms with Gasteiger partial charge in [0.15, 0.2) is 11.5 Å². The molecular formula is C21H20N4O5S. The van der Waals surface area contributed by atoms with Gasteiger partial charge in [0.1, 0.15) is 0 Å². The molecule has 1 aromatic heterocycles. The molecule has 160 valence electrons. The Kier molecular flexibility index (Phi) is 6.83. The van der Waals surface area contributed by atoms with Gasteiger partial charge in [-0.3, -0.25) is 4.79 Å². The topological polar surface area (TPSA) is 120 Å². The first-order chi connectivity index (χ1) is 14.9. The largest absolute Gasteiger partial charge is 0.493 e. The first-order valence-electron chi connectivity index (χ1n) is 9.03. The van der Waals surface area contributed by atoms with Crippen LogP contribution in [-0.2, 0) is 14.8 Å². The number of hydrogen-bond acceptors (Lipinski definition) is 7. The molecule has 0 spiro atoms. The van der Waals surface area contributed by atoms with E-state index >= 15 is 0 Å². The second-order valence-electron chi connectivity index (χ2n) is 6.11. The van der Waals surface area contributed by atoms with Gasteiger partial charge >= 0.3 is 0 Å². The molecule has 0 aliphatic rings. The predicted octanol–water partition coefficient (Wildman–Crippen LogP) is 2.95. The van der Waals surface area contributed by atoms with E-state index < -0.39 is 15.9 Å². The van der Waals surface area contributed by atoms with Gasteiger partial charge in [-0.2, -0.15) is 0 Å². The number of hydrogen-bond donors (Lipinski definition) is 2. The molecule has 31 heavy (non-hydrogen) atoms. The summed E-state index contributed by atoms with van der Waals surface area (Å²) in [4.78, 5) is 19.9. The number of rotatable bonds is 8. The maximum atomic E-state index is 12.4. The summed E-state index contributed by atoms with van der Waals surface area (Å²) in [6, 6.07) is 12.6. The Morgan fingerprint density at radius 3 is 2.32 bits per heavy atom. The molecular weight excluding hydrogens is 420 g/mol. The van der Waals surface area contributed by atoms with Crippen LogP contribution in [0, 0.1) is 0 Å². The molecule has 0 fully saturated rings. The standard InChI is InChI=1S/C21H20N4O5S/c1-29-18-6-3-5-15(20(18)30-2)7-12-19(26)24-16-8-10-17(11-9-16)31(27,28)25-21-22-13-4-14-23-21/h3-14H,1-2H3,(H,24,26)(H,22,23,25)/b12-7+. The molecule has 0 saturated heterocycles. The van der Waals surface area contributed by atoms with Crippen LogP contribution in [0.25, 0.3) is 6.08 Å². The highest BCUT2D eigenvalue weighted by Crippen LogP contribution is 2.31. The maximum Gasteiger partial charge on any atom is 0.264 e. The highest BCUT2D eigenvalue weighted by Gasteiger charge is 2.15. The molecule has 2 N–H and O–H groups in total. The first-order valence-corrected chi connectivity index (χ1v) is 10.5. The molecule has 10 heteroatoms. The van der Waals surface area contributed by atoms with Crippen molar-refractivity contribution >= 4 is 33.6 Å². The SMILES string of the molecule is COc1cccc(/C=C/C(=O)Nc2ccc(S(=O)(=O)Nc3ncccn3)cc2)c1OC. The fourth-order valence-electron chi connectivity index (χ4n) is 2.64. The minimum absolute atomic E-state index is 0.00890. The van der Waals surface area contributed by atoms with Gasteiger partial charge in [0.25, 0.3) is 10.0 Å². The van der Waals surface area contributed by atoms with E-state index in [9.17, 15) is 13.2 Å². The van der Waals surface area contributed by atoms with Gasteiger partial charge in [0.05, 0.1) is 19.1 Å². The van der Waals surface area contributed by atoms with E-state index in [2.05, 4.69) is 20.0 Å².